The summed E-state index contributed by atoms with van der Waals surface area (Å²) in [6.45, 7) is 4.03. The molecule has 17 heavy (non-hydrogen) atoms. The summed E-state index contributed by atoms with van der Waals surface area (Å²) in [5.41, 5.74) is 3.13. The van der Waals surface area contributed by atoms with E-state index in [-0.39, 0.29) is 18.0 Å². The minimum Gasteiger partial charge on any atom is -0.329 e. The number of rotatable bonds is 4. The van der Waals surface area contributed by atoms with Crippen LogP contribution in [0.25, 0.3) is 0 Å². The molecule has 0 saturated heterocycles. The molecule has 5 heteroatoms. The van der Waals surface area contributed by atoms with E-state index in [0.29, 0.717) is 5.02 Å². The fourth-order valence-electron chi connectivity index (χ4n) is 1.59. The quantitative estimate of drug-likeness (QED) is 0.814. The van der Waals surface area contributed by atoms with Crippen molar-refractivity contribution >= 4 is 17.6 Å². The molecule has 0 radical (unpaired) electrons. The van der Waals surface area contributed by atoms with Gasteiger partial charge in [-0.1, -0.05) is 43.6 Å². The predicted molar refractivity (Wildman–Crippen MR) is 67.7 cm³/mol. The molecule has 2 amide bonds. The Morgan fingerprint density at radius 1 is 1.35 bits per heavy atom. The van der Waals surface area contributed by atoms with Crippen molar-refractivity contribution in [1.82, 2.24) is 10.8 Å². The second-order valence-corrected chi connectivity index (χ2v) is 4.43. The molecule has 4 nitrogen and oxygen atoms in total. The van der Waals surface area contributed by atoms with Gasteiger partial charge in [-0.15, -0.1) is 0 Å². The summed E-state index contributed by atoms with van der Waals surface area (Å²) in [5.74, 6) is 0.220. The number of hydroxylamine groups is 1. The summed E-state index contributed by atoms with van der Waals surface area (Å²) < 4.78 is 0. The van der Waals surface area contributed by atoms with Gasteiger partial charge < -0.3 is 5.32 Å². The van der Waals surface area contributed by atoms with Gasteiger partial charge >= 0.3 is 6.03 Å². The van der Waals surface area contributed by atoms with Gasteiger partial charge in [0, 0.05) is 5.02 Å². The summed E-state index contributed by atoms with van der Waals surface area (Å²) in [5, 5.41) is 3.46. The maximum Gasteiger partial charge on any atom is 0.339 e. The zero-order chi connectivity index (χ0) is 12.8. The Morgan fingerprint density at radius 3 is 2.53 bits per heavy atom. The molecule has 0 saturated carbocycles. The smallest absolute Gasteiger partial charge is 0.329 e. The van der Waals surface area contributed by atoms with Crippen LogP contribution < -0.4 is 10.8 Å². The maximum absolute atomic E-state index is 11.5. The van der Waals surface area contributed by atoms with E-state index in [9.17, 15) is 4.79 Å². The molecule has 0 aliphatic carbocycles. The van der Waals surface area contributed by atoms with Crippen molar-refractivity contribution in [2.45, 2.75) is 19.9 Å². The third-order valence-corrected chi connectivity index (χ3v) is 2.73. The van der Waals surface area contributed by atoms with Gasteiger partial charge in [0.05, 0.1) is 13.2 Å². The van der Waals surface area contributed by atoms with Crippen LogP contribution in [-0.4, -0.2) is 13.1 Å². The highest BCUT2D eigenvalue weighted by Crippen LogP contribution is 2.27. The third kappa shape index (κ3) is 3.91. The first-order valence-corrected chi connectivity index (χ1v) is 5.78. The molecule has 2 N–H and O–H groups in total. The van der Waals surface area contributed by atoms with Gasteiger partial charge in [0.2, 0.25) is 0 Å². The SMILES string of the molecule is CONC(=O)NC(c1ccccc1Cl)C(C)C. The normalized spacial score (nSPS) is 12.3. The fourth-order valence-corrected chi connectivity index (χ4v) is 1.85. The van der Waals surface area contributed by atoms with E-state index in [1.54, 1.807) is 0 Å². The van der Waals surface area contributed by atoms with Crippen LogP contribution in [0.1, 0.15) is 25.5 Å². The van der Waals surface area contributed by atoms with Crippen LogP contribution in [-0.2, 0) is 4.84 Å². The summed E-state index contributed by atoms with van der Waals surface area (Å²) in [6.07, 6.45) is 0. The number of hydrogen-bond donors (Lipinski definition) is 2. The third-order valence-electron chi connectivity index (χ3n) is 2.39. The molecule has 0 spiro atoms. The van der Waals surface area contributed by atoms with Crippen LogP contribution in [0.5, 0.6) is 0 Å². The predicted octanol–water partition coefficient (Wildman–Crippen LogP) is 2.90. The average molecular weight is 257 g/mol. The van der Waals surface area contributed by atoms with E-state index in [2.05, 4.69) is 15.6 Å². The Morgan fingerprint density at radius 2 is 2.00 bits per heavy atom. The van der Waals surface area contributed by atoms with Crippen molar-refractivity contribution in [2.24, 2.45) is 5.92 Å². The molecule has 1 unspecified atom stereocenters. The number of benzene rings is 1. The largest absolute Gasteiger partial charge is 0.339 e. The first kappa shape index (κ1) is 13.8. The highest BCUT2D eigenvalue weighted by atomic mass is 35.5. The number of amides is 2. The van der Waals surface area contributed by atoms with Crippen molar-refractivity contribution in [1.29, 1.82) is 0 Å². The molecule has 0 aliphatic rings. The van der Waals surface area contributed by atoms with Gasteiger partial charge in [0.1, 0.15) is 0 Å². The molecule has 0 aliphatic heterocycles. The molecular formula is C12H17ClN2O2. The number of urea groups is 1. The highest BCUT2D eigenvalue weighted by Gasteiger charge is 2.20. The number of halogens is 1. The summed E-state index contributed by atoms with van der Waals surface area (Å²) in [7, 11) is 1.39. The van der Waals surface area contributed by atoms with Crippen LogP contribution in [0.3, 0.4) is 0 Å². The second-order valence-electron chi connectivity index (χ2n) is 4.02. The number of hydrogen-bond acceptors (Lipinski definition) is 2. The van der Waals surface area contributed by atoms with Crippen LogP contribution in [0, 0.1) is 5.92 Å². The van der Waals surface area contributed by atoms with Gasteiger partial charge in [-0.2, -0.15) is 0 Å². The first-order chi connectivity index (χ1) is 8.06. The molecule has 0 heterocycles. The van der Waals surface area contributed by atoms with Crippen LogP contribution in [0.15, 0.2) is 24.3 Å². The number of carbonyl (C=O) groups is 1. The Hall–Kier alpha value is -1.26. The van der Waals surface area contributed by atoms with E-state index in [1.165, 1.54) is 7.11 Å². The van der Waals surface area contributed by atoms with Crippen LogP contribution in [0.2, 0.25) is 5.02 Å². The Labute approximate surface area is 106 Å². The molecule has 1 aromatic carbocycles. The van der Waals surface area contributed by atoms with E-state index in [0.717, 1.165) is 5.56 Å². The summed E-state index contributed by atoms with van der Waals surface area (Å²) >= 11 is 6.12. The molecule has 1 rings (SSSR count). The van der Waals surface area contributed by atoms with Gasteiger partial charge in [0.25, 0.3) is 0 Å². The lowest BCUT2D eigenvalue weighted by molar-refractivity contribution is 0.105. The standard InChI is InChI=1S/C12H17ClN2O2/c1-8(2)11(14-12(16)15-17-3)9-6-4-5-7-10(9)13/h4-8,11H,1-3H3,(H2,14,15,16). The Balaban J connectivity index is 2.87. The fraction of sp³-hybridized carbons (Fsp3) is 0.417. The van der Waals surface area contributed by atoms with Gasteiger partial charge in [-0.25, -0.2) is 10.3 Å². The minimum atomic E-state index is -0.383. The molecule has 0 bridgehead atoms. The van der Waals surface area contributed by atoms with Crippen LogP contribution >= 0.6 is 11.6 Å². The Kier molecular flexibility index (Phi) is 5.25. The summed E-state index contributed by atoms with van der Waals surface area (Å²) in [4.78, 5) is 16.0. The second kappa shape index (κ2) is 6.47. The maximum atomic E-state index is 11.5. The van der Waals surface area contributed by atoms with E-state index in [1.807, 2.05) is 38.1 Å². The monoisotopic (exact) mass is 256 g/mol. The van der Waals surface area contributed by atoms with Crippen molar-refractivity contribution < 1.29 is 9.63 Å². The number of nitrogens with one attached hydrogen (secondary N) is 2. The van der Waals surface area contributed by atoms with Crippen molar-refractivity contribution in [3.8, 4) is 0 Å². The molecule has 0 aromatic heterocycles. The van der Waals surface area contributed by atoms with Gasteiger partial charge in [-0.3, -0.25) is 4.84 Å². The molecule has 94 valence electrons. The Bertz CT molecular complexity index is 383. The summed E-state index contributed by atoms with van der Waals surface area (Å²) in [6, 6.07) is 6.93. The molecule has 1 atom stereocenters. The van der Waals surface area contributed by atoms with E-state index < -0.39 is 0 Å². The molecule has 0 fully saturated rings. The van der Waals surface area contributed by atoms with Crippen molar-refractivity contribution in [2.75, 3.05) is 7.11 Å². The minimum absolute atomic E-state index is 0.154. The molecular weight excluding hydrogens is 240 g/mol. The zero-order valence-corrected chi connectivity index (χ0v) is 10.9. The van der Waals surface area contributed by atoms with Gasteiger partial charge in [0.15, 0.2) is 0 Å². The van der Waals surface area contributed by atoms with E-state index in [4.69, 9.17) is 11.6 Å². The van der Waals surface area contributed by atoms with Crippen LogP contribution in [0.4, 0.5) is 4.79 Å². The highest BCUT2D eigenvalue weighted by molar-refractivity contribution is 6.31. The first-order valence-electron chi connectivity index (χ1n) is 5.40. The van der Waals surface area contributed by atoms with E-state index >= 15 is 0 Å². The van der Waals surface area contributed by atoms with Crippen molar-refractivity contribution in [3.63, 3.8) is 0 Å². The average Bonchev–Trinajstić information content (AvgIpc) is 2.27. The zero-order valence-electron chi connectivity index (χ0n) is 10.2. The van der Waals surface area contributed by atoms with Crippen molar-refractivity contribution in [3.05, 3.63) is 34.9 Å². The lowest BCUT2D eigenvalue weighted by Gasteiger charge is -2.23. The lowest BCUT2D eigenvalue weighted by atomic mass is 9.96. The number of carbonyl (C=O) groups excluding carboxylic acids is 1. The molecule has 1 aromatic rings. The topological polar surface area (TPSA) is 50.4 Å². The lowest BCUT2D eigenvalue weighted by Crippen LogP contribution is -2.39. The van der Waals surface area contributed by atoms with Gasteiger partial charge in [-0.05, 0) is 17.5 Å².